The lowest BCUT2D eigenvalue weighted by molar-refractivity contribution is 0.167. The minimum Gasteiger partial charge on any atom is -0.211 e. The van der Waals surface area contributed by atoms with E-state index in [9.17, 15) is 4.79 Å². The van der Waals surface area contributed by atoms with Gasteiger partial charge in [0.25, 0.3) is 0 Å². The minimum absolute atomic E-state index is 0.265. The summed E-state index contributed by atoms with van der Waals surface area (Å²) in [5.41, 5.74) is 2.90. The highest BCUT2D eigenvalue weighted by molar-refractivity contribution is 5.43. The highest BCUT2D eigenvalue weighted by Crippen LogP contribution is 2.50. The fourth-order valence-corrected chi connectivity index (χ4v) is 4.59. The number of carbonyl (C=O) groups excluding carboxylic acids is 1. The maximum atomic E-state index is 10.9. The number of rotatable bonds is 3. The van der Waals surface area contributed by atoms with E-state index in [1.807, 2.05) is 6.08 Å². The first kappa shape index (κ1) is 16.5. The monoisotopic (exact) mass is 311 g/mol. The highest BCUT2D eigenvalue weighted by atomic mass is 16.1. The molecule has 2 heteroatoms. The molecule has 2 fully saturated rings. The van der Waals surface area contributed by atoms with Crippen LogP contribution in [-0.4, -0.2) is 6.08 Å². The molecule has 2 saturated carbocycles. The van der Waals surface area contributed by atoms with Gasteiger partial charge in [0.05, 0.1) is 5.54 Å². The van der Waals surface area contributed by atoms with Crippen molar-refractivity contribution in [2.75, 3.05) is 0 Å². The smallest absolute Gasteiger partial charge is 0.211 e. The van der Waals surface area contributed by atoms with Crippen LogP contribution >= 0.6 is 0 Å². The van der Waals surface area contributed by atoms with Gasteiger partial charge < -0.3 is 0 Å². The Bertz CT molecular complexity index is 595. The normalized spacial score (nSPS) is 26.9. The molecule has 0 atom stereocenters. The molecule has 0 heterocycles. The van der Waals surface area contributed by atoms with Gasteiger partial charge in [-0.25, -0.2) is 4.79 Å². The van der Waals surface area contributed by atoms with Gasteiger partial charge in [0, 0.05) is 0 Å². The molecule has 0 radical (unpaired) electrons. The molecule has 0 bridgehead atoms. The van der Waals surface area contributed by atoms with E-state index in [1.54, 1.807) is 0 Å². The zero-order valence-corrected chi connectivity index (χ0v) is 14.8. The summed E-state index contributed by atoms with van der Waals surface area (Å²) in [6.45, 7) is 7.11. The Morgan fingerprint density at radius 2 is 1.74 bits per heavy atom. The van der Waals surface area contributed by atoms with Crippen molar-refractivity contribution in [3.05, 3.63) is 35.4 Å². The average Bonchev–Trinajstić information content (AvgIpc) is 2.50. The quantitative estimate of drug-likeness (QED) is 0.518. The number of nitrogens with zero attached hydrogens (tertiary/aromatic N) is 1. The van der Waals surface area contributed by atoms with Gasteiger partial charge in [-0.05, 0) is 73.3 Å². The van der Waals surface area contributed by atoms with Crippen molar-refractivity contribution in [2.45, 2.75) is 77.2 Å². The fraction of sp³-hybridized carbons (Fsp3) is 0.667. The summed E-state index contributed by atoms with van der Waals surface area (Å²) >= 11 is 0. The van der Waals surface area contributed by atoms with Gasteiger partial charge in [-0.2, -0.15) is 4.99 Å². The maximum absolute atomic E-state index is 10.9. The summed E-state index contributed by atoms with van der Waals surface area (Å²) in [7, 11) is 0. The topological polar surface area (TPSA) is 29.4 Å². The first-order valence-electron chi connectivity index (χ1n) is 9.15. The van der Waals surface area contributed by atoms with Gasteiger partial charge in [-0.1, -0.05) is 45.0 Å². The average molecular weight is 311 g/mol. The fourth-order valence-electron chi connectivity index (χ4n) is 4.59. The number of aliphatic imine (C=N–C) groups is 1. The van der Waals surface area contributed by atoms with Crippen molar-refractivity contribution < 1.29 is 4.79 Å². The van der Waals surface area contributed by atoms with E-state index >= 15 is 0 Å². The summed E-state index contributed by atoms with van der Waals surface area (Å²) in [5, 5.41) is 0. The molecule has 2 aliphatic carbocycles. The van der Waals surface area contributed by atoms with Crippen LogP contribution in [0.4, 0.5) is 0 Å². The number of benzene rings is 1. The molecule has 23 heavy (non-hydrogen) atoms. The van der Waals surface area contributed by atoms with Crippen LogP contribution in [0.5, 0.6) is 0 Å². The molecule has 0 spiro atoms. The van der Waals surface area contributed by atoms with Crippen molar-refractivity contribution in [1.29, 1.82) is 0 Å². The number of isocyanates is 1. The second-order valence-electron chi connectivity index (χ2n) is 8.59. The molecule has 2 nitrogen and oxygen atoms in total. The van der Waals surface area contributed by atoms with E-state index < -0.39 is 0 Å². The summed E-state index contributed by atoms with van der Waals surface area (Å²) in [6, 6.07) is 8.72. The molecule has 0 unspecified atom stereocenters. The first-order valence-corrected chi connectivity index (χ1v) is 9.15. The Labute approximate surface area is 140 Å². The molecule has 0 aromatic heterocycles. The van der Waals surface area contributed by atoms with E-state index in [4.69, 9.17) is 0 Å². The number of hydrogen-bond donors (Lipinski definition) is 0. The predicted molar refractivity (Wildman–Crippen MR) is 94.2 cm³/mol. The molecular formula is C21H29NO. The van der Waals surface area contributed by atoms with Crippen LogP contribution in [0.1, 0.15) is 82.8 Å². The van der Waals surface area contributed by atoms with Crippen LogP contribution in [0.3, 0.4) is 0 Å². The molecule has 0 saturated heterocycles. The highest BCUT2D eigenvalue weighted by Gasteiger charge is 2.41. The SMILES string of the molecule is CC(C)(C)C1CCC(c2ccccc2C2(N=C=O)CCC2)CC1. The lowest BCUT2D eigenvalue weighted by Crippen LogP contribution is -2.34. The lowest BCUT2D eigenvalue weighted by atomic mass is 9.65. The van der Waals surface area contributed by atoms with Crippen molar-refractivity contribution in [3.63, 3.8) is 0 Å². The molecule has 3 rings (SSSR count). The second-order valence-corrected chi connectivity index (χ2v) is 8.59. The van der Waals surface area contributed by atoms with Gasteiger partial charge in [-0.15, -0.1) is 0 Å². The predicted octanol–water partition coefficient (Wildman–Crippen LogP) is 5.72. The Hall–Kier alpha value is -1.40. The molecular weight excluding hydrogens is 282 g/mol. The molecule has 2 aliphatic rings. The minimum atomic E-state index is -0.265. The molecule has 0 N–H and O–H groups in total. The van der Waals surface area contributed by atoms with Crippen molar-refractivity contribution in [3.8, 4) is 0 Å². The van der Waals surface area contributed by atoms with E-state index in [2.05, 4.69) is 50.0 Å². The molecule has 124 valence electrons. The largest absolute Gasteiger partial charge is 0.235 e. The third-order valence-corrected chi connectivity index (χ3v) is 6.29. The zero-order chi connectivity index (χ0) is 16.5. The molecule has 0 amide bonds. The van der Waals surface area contributed by atoms with Gasteiger partial charge in [0.1, 0.15) is 0 Å². The van der Waals surface area contributed by atoms with Crippen LogP contribution < -0.4 is 0 Å². The molecule has 0 aliphatic heterocycles. The van der Waals surface area contributed by atoms with Gasteiger partial charge in [0.2, 0.25) is 6.08 Å². The Balaban J connectivity index is 1.84. The van der Waals surface area contributed by atoms with Crippen LogP contribution in [0.15, 0.2) is 29.3 Å². The van der Waals surface area contributed by atoms with Gasteiger partial charge in [-0.3, -0.25) is 0 Å². The maximum Gasteiger partial charge on any atom is 0.235 e. The van der Waals surface area contributed by atoms with Crippen LogP contribution in [0, 0.1) is 11.3 Å². The van der Waals surface area contributed by atoms with Gasteiger partial charge >= 0.3 is 0 Å². The van der Waals surface area contributed by atoms with E-state index in [-0.39, 0.29) is 5.54 Å². The van der Waals surface area contributed by atoms with Crippen LogP contribution in [-0.2, 0) is 10.3 Å². The second kappa shape index (κ2) is 6.24. The summed E-state index contributed by atoms with van der Waals surface area (Å²) in [6.07, 6.45) is 10.1. The standard InChI is InChI=1S/C21H29NO/c1-20(2,3)17-11-9-16(10-12-17)18-7-4-5-8-19(18)21(22-15-23)13-6-14-21/h4-5,7-8,16-17H,6,9-14H2,1-3H3. The third-order valence-electron chi connectivity index (χ3n) is 6.29. The van der Waals surface area contributed by atoms with E-state index in [1.165, 1.54) is 36.8 Å². The zero-order valence-electron chi connectivity index (χ0n) is 14.8. The summed E-state index contributed by atoms with van der Waals surface area (Å²) in [5.74, 6) is 1.46. The van der Waals surface area contributed by atoms with Crippen molar-refractivity contribution >= 4 is 6.08 Å². The van der Waals surface area contributed by atoms with Crippen molar-refractivity contribution in [2.24, 2.45) is 16.3 Å². The molecule has 1 aromatic carbocycles. The Morgan fingerprint density at radius 3 is 2.26 bits per heavy atom. The van der Waals surface area contributed by atoms with Crippen LogP contribution in [0.25, 0.3) is 0 Å². The first-order chi connectivity index (χ1) is 11.0. The van der Waals surface area contributed by atoms with Gasteiger partial charge in [0.15, 0.2) is 0 Å². The summed E-state index contributed by atoms with van der Waals surface area (Å²) in [4.78, 5) is 15.2. The summed E-state index contributed by atoms with van der Waals surface area (Å²) < 4.78 is 0. The Morgan fingerprint density at radius 1 is 1.09 bits per heavy atom. The van der Waals surface area contributed by atoms with E-state index in [0.717, 1.165) is 25.2 Å². The number of hydrogen-bond acceptors (Lipinski definition) is 2. The van der Waals surface area contributed by atoms with Crippen LogP contribution in [0.2, 0.25) is 0 Å². The third kappa shape index (κ3) is 3.15. The van der Waals surface area contributed by atoms with Crippen molar-refractivity contribution in [1.82, 2.24) is 0 Å². The van der Waals surface area contributed by atoms with E-state index in [0.29, 0.717) is 11.3 Å². The molecule has 1 aromatic rings. The lowest BCUT2D eigenvalue weighted by Gasteiger charge is -2.41. The Kier molecular flexibility index (Phi) is 4.47.